The first-order chi connectivity index (χ1) is 19.8. The number of fused-ring (bicyclic) bond motifs is 2. The maximum atomic E-state index is 13.5. The molecule has 0 aliphatic rings. The summed E-state index contributed by atoms with van der Waals surface area (Å²) in [5.41, 5.74) is 2.62. The molecule has 204 valence electrons. The van der Waals surface area contributed by atoms with Gasteiger partial charge in [-0.25, -0.2) is 4.98 Å². The number of rotatable bonds is 7. The number of amides is 1. The zero-order valence-electron chi connectivity index (χ0n) is 21.5. The van der Waals surface area contributed by atoms with Gasteiger partial charge in [0.25, 0.3) is 5.91 Å². The lowest BCUT2D eigenvalue weighted by atomic mass is 10.1. The van der Waals surface area contributed by atoms with Crippen LogP contribution in [0.3, 0.4) is 0 Å². The number of carbonyl (C=O) groups is 1. The molecule has 1 amide bonds. The van der Waals surface area contributed by atoms with Crippen molar-refractivity contribution in [1.29, 1.82) is 0 Å². The third kappa shape index (κ3) is 5.56. The highest BCUT2D eigenvalue weighted by atomic mass is 19.4. The van der Waals surface area contributed by atoms with E-state index < -0.39 is 11.9 Å². The van der Waals surface area contributed by atoms with Crippen LogP contribution in [-0.4, -0.2) is 15.9 Å². The van der Waals surface area contributed by atoms with E-state index in [4.69, 9.17) is 4.74 Å². The molecule has 6 rings (SSSR count). The number of halogens is 3. The van der Waals surface area contributed by atoms with Gasteiger partial charge < -0.3 is 20.4 Å². The number of benzene rings is 4. The molecule has 6 nitrogen and oxygen atoms in total. The van der Waals surface area contributed by atoms with Crippen LogP contribution >= 0.6 is 0 Å². The molecule has 9 heteroatoms. The number of H-pyrrole nitrogens is 1. The molecule has 0 unspecified atom stereocenters. The Morgan fingerprint density at radius 3 is 2.39 bits per heavy atom. The number of ether oxygens (including phenoxy) is 1. The summed E-state index contributed by atoms with van der Waals surface area (Å²) in [5.74, 6) is 0.279. The number of alkyl halides is 3. The van der Waals surface area contributed by atoms with E-state index in [-0.39, 0.29) is 17.1 Å². The fourth-order valence-corrected chi connectivity index (χ4v) is 4.62. The lowest BCUT2D eigenvalue weighted by molar-refractivity contribution is -0.140. The molecule has 2 aromatic heterocycles. The van der Waals surface area contributed by atoms with E-state index in [2.05, 4.69) is 20.6 Å². The number of anilines is 3. The second-order valence-electron chi connectivity index (χ2n) is 9.39. The number of nitrogens with one attached hydrogen (secondary N) is 3. The number of carbonyl (C=O) groups excluding carboxylic acids is 1. The Labute approximate surface area is 232 Å². The smallest absolute Gasteiger partial charge is 0.433 e. The minimum absolute atomic E-state index is 0.223. The summed E-state index contributed by atoms with van der Waals surface area (Å²) in [4.78, 5) is 20.2. The molecule has 3 N–H and O–H groups in total. The molecule has 41 heavy (non-hydrogen) atoms. The highest BCUT2D eigenvalue weighted by Crippen LogP contribution is 2.35. The highest BCUT2D eigenvalue weighted by molar-refractivity contribution is 6.13. The van der Waals surface area contributed by atoms with Gasteiger partial charge in [-0.2, -0.15) is 13.2 Å². The molecule has 0 saturated carbocycles. The third-order valence-corrected chi connectivity index (χ3v) is 6.57. The third-order valence-electron chi connectivity index (χ3n) is 6.57. The fraction of sp³-hybridized carbons (Fsp3) is 0.0625. The Balaban J connectivity index is 1.22. The van der Waals surface area contributed by atoms with Crippen molar-refractivity contribution in [1.82, 2.24) is 9.97 Å². The van der Waals surface area contributed by atoms with E-state index in [9.17, 15) is 18.0 Å². The zero-order valence-corrected chi connectivity index (χ0v) is 21.5. The normalized spacial score (nSPS) is 11.5. The summed E-state index contributed by atoms with van der Waals surface area (Å²) in [6, 6.07) is 29.6. The van der Waals surface area contributed by atoms with Crippen LogP contribution in [0.1, 0.15) is 21.6 Å². The molecule has 6 aromatic rings. The first-order valence-electron chi connectivity index (χ1n) is 12.8. The van der Waals surface area contributed by atoms with Crippen molar-refractivity contribution in [2.75, 3.05) is 10.6 Å². The van der Waals surface area contributed by atoms with E-state index in [0.29, 0.717) is 45.6 Å². The predicted molar refractivity (Wildman–Crippen MR) is 153 cm³/mol. The van der Waals surface area contributed by atoms with Crippen LogP contribution in [0.5, 0.6) is 5.75 Å². The Kier molecular flexibility index (Phi) is 6.76. The molecular weight excluding hydrogens is 529 g/mol. The van der Waals surface area contributed by atoms with Crippen molar-refractivity contribution in [2.45, 2.75) is 12.8 Å². The molecular formula is C32H23F3N4O2. The van der Waals surface area contributed by atoms with Gasteiger partial charge in [-0.05, 0) is 42.0 Å². The van der Waals surface area contributed by atoms with Crippen LogP contribution in [0, 0.1) is 0 Å². The predicted octanol–water partition coefficient (Wildman–Crippen LogP) is 8.31. The minimum Gasteiger partial charge on any atom is -0.487 e. The van der Waals surface area contributed by atoms with E-state index in [0.717, 1.165) is 11.6 Å². The standard InChI is InChI=1S/C32H23F3N4O2/c33-32(34,35)29-17-27(24-12-4-5-14-26(24)39-29)37-21-10-6-11-22(16-21)38-31(40)25-18-36-30-23(25)13-7-15-28(30)41-19-20-8-2-1-3-9-20/h1-18,36H,19H2,(H,37,39)(H,38,40). The van der Waals surface area contributed by atoms with Crippen molar-refractivity contribution in [2.24, 2.45) is 0 Å². The Morgan fingerprint density at radius 2 is 1.56 bits per heavy atom. The molecule has 0 fully saturated rings. The Morgan fingerprint density at radius 1 is 0.829 bits per heavy atom. The summed E-state index contributed by atoms with van der Waals surface area (Å²) >= 11 is 0. The molecule has 0 saturated heterocycles. The summed E-state index contributed by atoms with van der Waals surface area (Å²) < 4.78 is 46.5. The van der Waals surface area contributed by atoms with E-state index in [1.54, 1.807) is 48.7 Å². The van der Waals surface area contributed by atoms with Crippen molar-refractivity contribution in [3.63, 3.8) is 0 Å². The van der Waals surface area contributed by atoms with Gasteiger partial charge in [0, 0.05) is 28.3 Å². The van der Waals surface area contributed by atoms with Gasteiger partial charge in [-0.3, -0.25) is 4.79 Å². The van der Waals surface area contributed by atoms with Gasteiger partial charge in [-0.1, -0.05) is 66.7 Å². The molecule has 0 aliphatic carbocycles. The van der Waals surface area contributed by atoms with Gasteiger partial charge in [0.05, 0.1) is 22.3 Å². The lowest BCUT2D eigenvalue weighted by Crippen LogP contribution is -2.11. The van der Waals surface area contributed by atoms with Crippen LogP contribution in [-0.2, 0) is 12.8 Å². The van der Waals surface area contributed by atoms with E-state index >= 15 is 0 Å². The van der Waals surface area contributed by atoms with Crippen molar-refractivity contribution in [3.8, 4) is 5.75 Å². The molecule has 2 heterocycles. The molecule has 0 spiro atoms. The number of nitrogens with zero attached hydrogens (tertiary/aromatic N) is 1. The Bertz CT molecular complexity index is 1870. The van der Waals surface area contributed by atoms with Crippen LogP contribution in [0.15, 0.2) is 109 Å². The van der Waals surface area contributed by atoms with Crippen molar-refractivity contribution in [3.05, 3.63) is 126 Å². The van der Waals surface area contributed by atoms with Crippen LogP contribution in [0.25, 0.3) is 21.8 Å². The van der Waals surface area contributed by atoms with E-state index in [1.807, 2.05) is 48.5 Å². The lowest BCUT2D eigenvalue weighted by Gasteiger charge is -2.14. The number of aromatic nitrogens is 2. The van der Waals surface area contributed by atoms with E-state index in [1.165, 1.54) is 6.07 Å². The van der Waals surface area contributed by atoms with Gasteiger partial charge in [-0.15, -0.1) is 0 Å². The second-order valence-corrected chi connectivity index (χ2v) is 9.39. The molecule has 0 aliphatic heterocycles. The molecule has 0 atom stereocenters. The van der Waals surface area contributed by atoms with Gasteiger partial charge >= 0.3 is 6.18 Å². The van der Waals surface area contributed by atoms with Crippen LogP contribution in [0.2, 0.25) is 0 Å². The fourth-order valence-electron chi connectivity index (χ4n) is 4.62. The zero-order chi connectivity index (χ0) is 28.4. The average Bonchev–Trinajstić information content (AvgIpc) is 3.41. The average molecular weight is 553 g/mol. The minimum atomic E-state index is -4.60. The molecule has 0 bridgehead atoms. The maximum absolute atomic E-state index is 13.5. The SMILES string of the molecule is O=C(Nc1cccc(Nc2cc(C(F)(F)F)nc3ccccc23)c1)c1c[nH]c2c(OCc3ccccc3)cccc12. The maximum Gasteiger partial charge on any atom is 0.433 e. The summed E-state index contributed by atoms with van der Waals surface area (Å²) in [5, 5.41) is 7.18. The molecule has 0 radical (unpaired) electrons. The van der Waals surface area contributed by atoms with Gasteiger partial charge in [0.15, 0.2) is 0 Å². The van der Waals surface area contributed by atoms with Gasteiger partial charge in [0.1, 0.15) is 18.1 Å². The quantitative estimate of drug-likeness (QED) is 0.186. The number of hydrogen-bond acceptors (Lipinski definition) is 4. The van der Waals surface area contributed by atoms with Gasteiger partial charge in [0.2, 0.25) is 0 Å². The second kappa shape index (κ2) is 10.7. The van der Waals surface area contributed by atoms with Crippen molar-refractivity contribution >= 4 is 44.8 Å². The summed E-state index contributed by atoms with van der Waals surface area (Å²) in [7, 11) is 0. The van der Waals surface area contributed by atoms with Crippen molar-refractivity contribution < 1.29 is 22.7 Å². The number of aromatic amines is 1. The first-order valence-corrected chi connectivity index (χ1v) is 12.8. The number of para-hydroxylation sites is 2. The topological polar surface area (TPSA) is 79.0 Å². The summed E-state index contributed by atoms with van der Waals surface area (Å²) in [6.45, 7) is 0.386. The van der Waals surface area contributed by atoms with Crippen LogP contribution < -0.4 is 15.4 Å². The summed E-state index contributed by atoms with van der Waals surface area (Å²) in [6.07, 6.45) is -2.97. The highest BCUT2D eigenvalue weighted by Gasteiger charge is 2.33. The first kappa shape index (κ1) is 25.9. The molecule has 4 aromatic carbocycles. The Hall–Kier alpha value is -5.31. The van der Waals surface area contributed by atoms with Crippen LogP contribution in [0.4, 0.5) is 30.2 Å². The number of pyridine rings is 1. The monoisotopic (exact) mass is 552 g/mol. The number of hydrogen-bond donors (Lipinski definition) is 3. The largest absolute Gasteiger partial charge is 0.487 e.